The molecule has 0 unspecified atom stereocenters. The predicted octanol–water partition coefficient (Wildman–Crippen LogP) is 4.31. The number of fused-ring (bicyclic) bond motifs is 1. The number of hydrogen-bond donors (Lipinski definition) is 0. The molecule has 4 heteroatoms. The number of aryl methyl sites for hydroxylation is 1. The number of benzene rings is 2. The van der Waals surface area contributed by atoms with Crippen LogP contribution in [-0.2, 0) is 6.61 Å². The van der Waals surface area contributed by atoms with E-state index in [1.54, 1.807) is 6.20 Å². The smallest absolute Gasteiger partial charge is 0.250 e. The molecule has 4 aromatic rings. The Morgan fingerprint density at radius 1 is 0.889 bits per heavy atom. The number of hydrogen-bond acceptors (Lipinski definition) is 4. The minimum Gasteiger partial charge on any atom is -0.471 e. The highest BCUT2D eigenvalue weighted by atomic mass is 16.5. The molecular weight excluding hydrogens is 334 g/mol. The van der Waals surface area contributed by atoms with Crippen molar-refractivity contribution < 1.29 is 4.74 Å². The first-order chi connectivity index (χ1) is 13.3. The molecule has 4 nitrogen and oxygen atoms in total. The summed E-state index contributed by atoms with van der Waals surface area (Å²) in [7, 11) is 0. The van der Waals surface area contributed by atoms with Crippen molar-refractivity contribution in [3.05, 3.63) is 95.3 Å². The second kappa shape index (κ2) is 7.67. The van der Waals surface area contributed by atoms with E-state index in [4.69, 9.17) is 4.74 Å². The predicted molar refractivity (Wildman–Crippen MR) is 105 cm³/mol. The Morgan fingerprint density at radius 2 is 1.78 bits per heavy atom. The van der Waals surface area contributed by atoms with Gasteiger partial charge in [-0.25, -0.2) is 15.0 Å². The lowest BCUT2D eigenvalue weighted by Gasteiger charge is -2.08. The van der Waals surface area contributed by atoms with Gasteiger partial charge in [0.2, 0.25) is 5.88 Å². The van der Waals surface area contributed by atoms with Crippen molar-refractivity contribution in [1.29, 1.82) is 0 Å². The van der Waals surface area contributed by atoms with Crippen LogP contribution in [0.25, 0.3) is 11.2 Å². The standard InChI is InChI=1S/C23H17N3O/c1-17-7-5-10-19(15-17)16-27-23-21(13-12-18-8-3-2-4-9-18)25-22-20(26-23)11-6-14-24-22/h2-11,14-15H,16H2,1H3. The number of nitrogens with zero attached hydrogens (tertiary/aromatic N) is 3. The Hall–Kier alpha value is -3.71. The number of ether oxygens (including phenoxy) is 1. The summed E-state index contributed by atoms with van der Waals surface area (Å²) in [4.78, 5) is 13.4. The van der Waals surface area contributed by atoms with Crippen LogP contribution in [0.2, 0.25) is 0 Å². The average molecular weight is 351 g/mol. The maximum absolute atomic E-state index is 5.97. The van der Waals surface area contributed by atoms with Gasteiger partial charge in [0, 0.05) is 11.8 Å². The fourth-order valence-electron chi connectivity index (χ4n) is 2.67. The highest BCUT2D eigenvalue weighted by molar-refractivity contribution is 5.71. The van der Waals surface area contributed by atoms with E-state index in [9.17, 15) is 0 Å². The molecule has 27 heavy (non-hydrogen) atoms. The van der Waals surface area contributed by atoms with Crippen LogP contribution in [0.3, 0.4) is 0 Å². The van der Waals surface area contributed by atoms with Crippen LogP contribution in [0.5, 0.6) is 5.88 Å². The van der Waals surface area contributed by atoms with Crippen LogP contribution < -0.4 is 4.74 Å². The lowest BCUT2D eigenvalue weighted by Crippen LogP contribution is -2.02. The quantitative estimate of drug-likeness (QED) is 0.516. The zero-order valence-electron chi connectivity index (χ0n) is 14.9. The number of rotatable bonds is 3. The Morgan fingerprint density at radius 3 is 2.63 bits per heavy atom. The molecule has 0 radical (unpaired) electrons. The molecule has 0 aliphatic carbocycles. The highest BCUT2D eigenvalue weighted by Gasteiger charge is 2.09. The SMILES string of the molecule is Cc1cccc(COc2nc3cccnc3nc2C#Cc2ccccc2)c1. The summed E-state index contributed by atoms with van der Waals surface area (Å²) in [6.07, 6.45) is 1.69. The second-order valence-electron chi connectivity index (χ2n) is 6.12. The van der Waals surface area contributed by atoms with Crippen LogP contribution in [0, 0.1) is 18.8 Å². The molecule has 0 N–H and O–H groups in total. The molecule has 0 aliphatic heterocycles. The van der Waals surface area contributed by atoms with E-state index in [-0.39, 0.29) is 0 Å². The van der Waals surface area contributed by atoms with Crippen LogP contribution in [0.15, 0.2) is 72.9 Å². The Labute approximate surface area is 157 Å². The molecule has 130 valence electrons. The zero-order valence-corrected chi connectivity index (χ0v) is 14.9. The molecule has 0 atom stereocenters. The van der Waals surface area contributed by atoms with Gasteiger partial charge >= 0.3 is 0 Å². The van der Waals surface area contributed by atoms with E-state index in [1.807, 2.05) is 54.6 Å². The molecule has 2 aromatic heterocycles. The molecule has 0 saturated carbocycles. The minimum absolute atomic E-state index is 0.405. The number of pyridine rings is 1. The summed E-state index contributed by atoms with van der Waals surface area (Å²) in [5.41, 5.74) is 4.89. The lowest BCUT2D eigenvalue weighted by atomic mass is 10.1. The maximum atomic E-state index is 5.97. The average Bonchev–Trinajstić information content (AvgIpc) is 2.71. The third-order valence-electron chi connectivity index (χ3n) is 3.97. The molecule has 2 aromatic carbocycles. The van der Waals surface area contributed by atoms with E-state index in [1.165, 1.54) is 5.56 Å². The zero-order chi connectivity index (χ0) is 18.5. The summed E-state index contributed by atoms with van der Waals surface area (Å²) < 4.78 is 5.97. The van der Waals surface area contributed by atoms with Crippen molar-refractivity contribution in [2.75, 3.05) is 0 Å². The summed E-state index contributed by atoms with van der Waals surface area (Å²) >= 11 is 0. The van der Waals surface area contributed by atoms with E-state index in [2.05, 4.69) is 45.8 Å². The Bertz CT molecular complexity index is 1140. The Kier molecular flexibility index (Phi) is 4.76. The lowest BCUT2D eigenvalue weighted by molar-refractivity contribution is 0.292. The molecule has 0 bridgehead atoms. The van der Waals surface area contributed by atoms with Gasteiger partial charge in [0.05, 0.1) is 0 Å². The normalized spacial score (nSPS) is 10.3. The van der Waals surface area contributed by atoms with Crippen molar-refractivity contribution in [1.82, 2.24) is 15.0 Å². The monoisotopic (exact) mass is 351 g/mol. The Balaban J connectivity index is 1.70. The van der Waals surface area contributed by atoms with Crippen molar-refractivity contribution in [2.24, 2.45) is 0 Å². The van der Waals surface area contributed by atoms with Crippen molar-refractivity contribution in [3.63, 3.8) is 0 Å². The van der Waals surface area contributed by atoms with Crippen molar-refractivity contribution in [2.45, 2.75) is 13.5 Å². The van der Waals surface area contributed by atoms with E-state index < -0.39 is 0 Å². The molecule has 2 heterocycles. The second-order valence-corrected chi connectivity index (χ2v) is 6.12. The van der Waals surface area contributed by atoms with Gasteiger partial charge in [0.15, 0.2) is 11.3 Å². The third-order valence-corrected chi connectivity index (χ3v) is 3.97. The van der Waals surface area contributed by atoms with Gasteiger partial charge in [-0.3, -0.25) is 0 Å². The minimum atomic E-state index is 0.405. The fourth-order valence-corrected chi connectivity index (χ4v) is 2.67. The number of aromatic nitrogens is 3. The first-order valence-corrected chi connectivity index (χ1v) is 8.66. The topological polar surface area (TPSA) is 47.9 Å². The van der Waals surface area contributed by atoms with Gasteiger partial charge in [-0.2, -0.15) is 0 Å². The summed E-state index contributed by atoms with van der Waals surface area (Å²) in [5.74, 6) is 6.61. The van der Waals surface area contributed by atoms with Crippen molar-refractivity contribution in [3.8, 4) is 17.7 Å². The van der Waals surface area contributed by atoms with E-state index in [0.29, 0.717) is 29.3 Å². The summed E-state index contributed by atoms with van der Waals surface area (Å²) in [5, 5.41) is 0. The van der Waals surface area contributed by atoms with Crippen LogP contribution >= 0.6 is 0 Å². The van der Waals surface area contributed by atoms with E-state index >= 15 is 0 Å². The van der Waals surface area contributed by atoms with Crippen molar-refractivity contribution >= 4 is 11.2 Å². The maximum Gasteiger partial charge on any atom is 0.250 e. The van der Waals surface area contributed by atoms with Crippen LogP contribution in [0.4, 0.5) is 0 Å². The van der Waals surface area contributed by atoms with Crippen LogP contribution in [-0.4, -0.2) is 15.0 Å². The van der Waals surface area contributed by atoms with Gasteiger partial charge in [0.1, 0.15) is 12.1 Å². The fraction of sp³-hybridized carbons (Fsp3) is 0.0870. The van der Waals surface area contributed by atoms with Gasteiger partial charge in [0.25, 0.3) is 0 Å². The molecule has 0 saturated heterocycles. The highest BCUT2D eigenvalue weighted by Crippen LogP contribution is 2.18. The van der Waals surface area contributed by atoms with Gasteiger partial charge in [-0.15, -0.1) is 0 Å². The summed E-state index contributed by atoms with van der Waals surface area (Å²) in [6.45, 7) is 2.46. The van der Waals surface area contributed by atoms with Gasteiger partial charge in [-0.05, 0) is 42.7 Å². The van der Waals surface area contributed by atoms with Crippen LogP contribution in [0.1, 0.15) is 22.4 Å². The third kappa shape index (κ3) is 4.10. The van der Waals surface area contributed by atoms with E-state index in [0.717, 1.165) is 11.1 Å². The largest absolute Gasteiger partial charge is 0.471 e. The molecule has 0 aliphatic rings. The molecule has 0 fully saturated rings. The summed E-state index contributed by atoms with van der Waals surface area (Å²) in [6, 6.07) is 21.6. The van der Waals surface area contributed by atoms with Gasteiger partial charge in [-0.1, -0.05) is 53.9 Å². The first kappa shape index (κ1) is 16.7. The molecular formula is C23H17N3O. The molecule has 4 rings (SSSR count). The first-order valence-electron chi connectivity index (χ1n) is 8.66. The molecule has 0 amide bonds. The van der Waals surface area contributed by atoms with Gasteiger partial charge < -0.3 is 4.74 Å². The molecule has 0 spiro atoms.